The number of halogens is 2. The molecule has 1 aromatic heterocycles. The smallest absolute Gasteiger partial charge is 0.142 e. The summed E-state index contributed by atoms with van der Waals surface area (Å²) in [5, 5.41) is 14.2. The summed E-state index contributed by atoms with van der Waals surface area (Å²) in [5.74, 6) is 0.0820. The maximum absolute atomic E-state index is 13.5. The van der Waals surface area contributed by atoms with Crippen molar-refractivity contribution in [2.75, 3.05) is 11.9 Å². The van der Waals surface area contributed by atoms with Crippen molar-refractivity contribution in [3.05, 3.63) is 64.7 Å². The van der Waals surface area contributed by atoms with Crippen molar-refractivity contribution in [1.29, 1.82) is 0 Å². The lowest BCUT2D eigenvalue weighted by Gasteiger charge is -2.14. The summed E-state index contributed by atoms with van der Waals surface area (Å²) >= 11 is 5.65. The second kappa shape index (κ2) is 6.48. The van der Waals surface area contributed by atoms with Gasteiger partial charge in [-0.15, -0.1) is 0 Å². The summed E-state index contributed by atoms with van der Waals surface area (Å²) in [7, 11) is 0. The molecule has 0 fully saturated rings. The molecule has 1 unspecified atom stereocenters. The van der Waals surface area contributed by atoms with Crippen LogP contribution in [0.25, 0.3) is 10.9 Å². The van der Waals surface area contributed by atoms with Crippen LogP contribution in [0.5, 0.6) is 0 Å². The van der Waals surface area contributed by atoms with Crippen LogP contribution in [0, 0.1) is 12.7 Å². The average Bonchev–Trinajstić information content (AvgIpc) is 2.55. The third-order valence-electron chi connectivity index (χ3n) is 3.66. The Bertz CT molecular complexity index is 856. The molecule has 118 valence electrons. The molecule has 4 nitrogen and oxygen atoms in total. The average molecular weight is 332 g/mol. The highest BCUT2D eigenvalue weighted by Crippen LogP contribution is 2.24. The third kappa shape index (κ3) is 3.25. The lowest BCUT2D eigenvalue weighted by atomic mass is 10.1. The largest absolute Gasteiger partial charge is 0.387 e. The molecule has 3 aromatic rings. The fourth-order valence-corrected chi connectivity index (χ4v) is 2.52. The van der Waals surface area contributed by atoms with Gasteiger partial charge in [-0.2, -0.15) is 0 Å². The van der Waals surface area contributed by atoms with E-state index in [1.807, 2.05) is 25.1 Å². The molecule has 1 atom stereocenters. The number of hydrogen-bond acceptors (Lipinski definition) is 4. The molecule has 0 aliphatic heterocycles. The summed E-state index contributed by atoms with van der Waals surface area (Å²) < 4.78 is 13.5. The number of rotatable bonds is 4. The van der Waals surface area contributed by atoms with Crippen LogP contribution in [0.4, 0.5) is 10.2 Å². The van der Waals surface area contributed by atoms with Gasteiger partial charge in [0.25, 0.3) is 0 Å². The number of hydrogen-bond donors (Lipinski definition) is 2. The number of fused-ring (bicyclic) bond motifs is 1. The molecule has 0 saturated carbocycles. The van der Waals surface area contributed by atoms with E-state index < -0.39 is 11.9 Å². The number of aryl methyl sites for hydroxylation is 1. The molecule has 0 saturated heterocycles. The van der Waals surface area contributed by atoms with Gasteiger partial charge < -0.3 is 10.4 Å². The Hall–Kier alpha value is -2.24. The number of nitrogens with one attached hydrogen (secondary N) is 1. The Kier molecular flexibility index (Phi) is 4.41. The lowest BCUT2D eigenvalue weighted by Crippen LogP contribution is -2.13. The monoisotopic (exact) mass is 331 g/mol. The number of aliphatic hydroxyl groups excluding tert-OH is 1. The maximum Gasteiger partial charge on any atom is 0.142 e. The molecular formula is C17H15ClFN3O. The third-order valence-corrected chi connectivity index (χ3v) is 3.96. The molecule has 0 spiro atoms. The number of aliphatic hydroxyl groups is 1. The Morgan fingerprint density at radius 2 is 2.09 bits per heavy atom. The Morgan fingerprint density at radius 3 is 2.87 bits per heavy atom. The molecule has 1 heterocycles. The number of anilines is 1. The summed E-state index contributed by atoms with van der Waals surface area (Å²) in [5.41, 5.74) is 2.36. The molecule has 3 rings (SSSR count). The highest BCUT2D eigenvalue weighted by Gasteiger charge is 2.12. The van der Waals surface area contributed by atoms with E-state index in [0.717, 1.165) is 16.5 Å². The first kappa shape index (κ1) is 15.6. The van der Waals surface area contributed by atoms with Crippen molar-refractivity contribution < 1.29 is 9.50 Å². The van der Waals surface area contributed by atoms with Gasteiger partial charge in [0.05, 0.1) is 16.6 Å². The van der Waals surface area contributed by atoms with E-state index in [1.54, 1.807) is 6.07 Å². The second-order valence-electron chi connectivity index (χ2n) is 5.26. The summed E-state index contributed by atoms with van der Waals surface area (Å²) in [6, 6.07) is 10.1. The van der Waals surface area contributed by atoms with E-state index in [2.05, 4.69) is 15.3 Å². The van der Waals surface area contributed by atoms with Gasteiger partial charge >= 0.3 is 0 Å². The van der Waals surface area contributed by atoms with E-state index >= 15 is 0 Å². The van der Waals surface area contributed by atoms with Gasteiger partial charge in [0.15, 0.2) is 0 Å². The van der Waals surface area contributed by atoms with Crippen molar-refractivity contribution >= 4 is 28.3 Å². The zero-order valence-electron chi connectivity index (χ0n) is 12.4. The molecular weight excluding hydrogens is 317 g/mol. The minimum Gasteiger partial charge on any atom is -0.387 e. The Balaban J connectivity index is 1.80. The van der Waals surface area contributed by atoms with E-state index in [0.29, 0.717) is 11.4 Å². The first-order valence-corrected chi connectivity index (χ1v) is 7.51. The van der Waals surface area contributed by atoms with Gasteiger partial charge in [-0.3, -0.25) is 0 Å². The maximum atomic E-state index is 13.5. The van der Waals surface area contributed by atoms with Crippen LogP contribution in [-0.2, 0) is 0 Å². The highest BCUT2D eigenvalue weighted by molar-refractivity contribution is 6.30. The first-order valence-electron chi connectivity index (χ1n) is 7.13. The molecule has 0 radical (unpaired) electrons. The van der Waals surface area contributed by atoms with Gasteiger partial charge in [-0.05, 0) is 36.2 Å². The van der Waals surface area contributed by atoms with Crippen LogP contribution in [0.3, 0.4) is 0 Å². The van der Waals surface area contributed by atoms with Crippen LogP contribution in [0.1, 0.15) is 17.2 Å². The highest BCUT2D eigenvalue weighted by atomic mass is 35.5. The SMILES string of the molecule is Cc1cccc2c(NCC(O)c3ccc(Cl)c(F)c3)ncnc12. The minimum atomic E-state index is -0.878. The fourth-order valence-electron chi connectivity index (χ4n) is 2.41. The molecule has 0 aliphatic rings. The Morgan fingerprint density at radius 1 is 1.26 bits per heavy atom. The quantitative estimate of drug-likeness (QED) is 0.762. The lowest BCUT2D eigenvalue weighted by molar-refractivity contribution is 0.191. The molecule has 2 N–H and O–H groups in total. The number of para-hydroxylation sites is 1. The van der Waals surface area contributed by atoms with E-state index in [-0.39, 0.29) is 11.6 Å². The minimum absolute atomic E-state index is 0.0335. The second-order valence-corrected chi connectivity index (χ2v) is 5.67. The van der Waals surface area contributed by atoms with Crippen LogP contribution in [0.2, 0.25) is 5.02 Å². The summed E-state index contributed by atoms with van der Waals surface area (Å²) in [6.07, 6.45) is 0.600. The normalized spacial score (nSPS) is 12.3. The van der Waals surface area contributed by atoms with Gasteiger partial charge in [-0.1, -0.05) is 29.8 Å². The van der Waals surface area contributed by atoms with Crippen LogP contribution in [0.15, 0.2) is 42.7 Å². The molecule has 0 aliphatic carbocycles. The van der Waals surface area contributed by atoms with Crippen LogP contribution >= 0.6 is 11.6 Å². The molecule has 0 amide bonds. The van der Waals surface area contributed by atoms with Crippen molar-refractivity contribution in [3.8, 4) is 0 Å². The molecule has 2 aromatic carbocycles. The summed E-state index contributed by atoms with van der Waals surface area (Å²) in [4.78, 5) is 8.49. The van der Waals surface area contributed by atoms with Gasteiger partial charge in [0, 0.05) is 11.9 Å². The standard InChI is InChI=1S/C17H15ClFN3O/c1-10-3-2-4-12-16(10)21-9-22-17(12)20-8-15(23)11-5-6-13(18)14(19)7-11/h2-7,9,15,23H,8H2,1H3,(H,20,21,22). The van der Waals surface area contributed by atoms with E-state index in [1.165, 1.54) is 18.5 Å². The number of benzene rings is 2. The van der Waals surface area contributed by atoms with Gasteiger partial charge in [0.2, 0.25) is 0 Å². The predicted octanol–water partition coefficient (Wildman–Crippen LogP) is 3.88. The van der Waals surface area contributed by atoms with Crippen LogP contribution < -0.4 is 5.32 Å². The van der Waals surface area contributed by atoms with Crippen molar-refractivity contribution in [3.63, 3.8) is 0 Å². The zero-order valence-corrected chi connectivity index (χ0v) is 13.2. The predicted molar refractivity (Wildman–Crippen MR) is 89.1 cm³/mol. The molecule has 0 bridgehead atoms. The van der Waals surface area contributed by atoms with E-state index in [9.17, 15) is 9.50 Å². The topological polar surface area (TPSA) is 58.0 Å². The Labute approximate surface area is 138 Å². The fraction of sp³-hybridized carbons (Fsp3) is 0.176. The van der Waals surface area contributed by atoms with E-state index in [4.69, 9.17) is 11.6 Å². The van der Waals surface area contributed by atoms with Crippen molar-refractivity contribution in [2.24, 2.45) is 0 Å². The molecule has 6 heteroatoms. The molecule has 23 heavy (non-hydrogen) atoms. The van der Waals surface area contributed by atoms with Crippen molar-refractivity contribution in [2.45, 2.75) is 13.0 Å². The number of aromatic nitrogens is 2. The zero-order chi connectivity index (χ0) is 16.4. The number of nitrogens with zero attached hydrogens (tertiary/aromatic N) is 2. The van der Waals surface area contributed by atoms with Crippen LogP contribution in [-0.4, -0.2) is 21.6 Å². The van der Waals surface area contributed by atoms with Gasteiger partial charge in [0.1, 0.15) is 18.0 Å². The first-order chi connectivity index (χ1) is 11.1. The summed E-state index contributed by atoms with van der Waals surface area (Å²) in [6.45, 7) is 2.17. The van der Waals surface area contributed by atoms with Crippen molar-refractivity contribution in [1.82, 2.24) is 9.97 Å². The van der Waals surface area contributed by atoms with Gasteiger partial charge in [-0.25, -0.2) is 14.4 Å².